The molecule has 0 saturated heterocycles. The lowest BCUT2D eigenvalue weighted by atomic mass is 9.84. The second kappa shape index (κ2) is 7.48. The standard InChI is InChI=1S/C16H28N2O2/c1-12(7-8-14-6-5-9-20-14)18-15(19)13(11-17)10-16(2,3)4/h5-6,9,12-13H,7-8,10-11,17H2,1-4H3,(H,18,19). The fraction of sp³-hybridized carbons (Fsp3) is 0.688. The zero-order chi connectivity index (χ0) is 15.2. The van der Waals surface area contributed by atoms with Crippen molar-refractivity contribution < 1.29 is 9.21 Å². The summed E-state index contributed by atoms with van der Waals surface area (Å²) in [6.07, 6.45) is 4.18. The summed E-state index contributed by atoms with van der Waals surface area (Å²) in [6, 6.07) is 3.96. The predicted octanol–water partition coefficient (Wildman–Crippen LogP) is 2.73. The molecule has 4 nitrogen and oxygen atoms in total. The molecule has 114 valence electrons. The fourth-order valence-electron chi connectivity index (χ4n) is 2.27. The van der Waals surface area contributed by atoms with Crippen molar-refractivity contribution in [3.63, 3.8) is 0 Å². The van der Waals surface area contributed by atoms with E-state index in [1.807, 2.05) is 19.1 Å². The lowest BCUT2D eigenvalue weighted by molar-refractivity contribution is -0.126. The van der Waals surface area contributed by atoms with Gasteiger partial charge in [0.15, 0.2) is 0 Å². The van der Waals surface area contributed by atoms with E-state index in [1.54, 1.807) is 6.26 Å². The molecule has 1 heterocycles. The van der Waals surface area contributed by atoms with Crippen molar-refractivity contribution in [2.45, 2.75) is 53.0 Å². The molecule has 4 heteroatoms. The Morgan fingerprint density at radius 2 is 2.15 bits per heavy atom. The average molecular weight is 280 g/mol. The van der Waals surface area contributed by atoms with E-state index in [-0.39, 0.29) is 23.3 Å². The van der Waals surface area contributed by atoms with E-state index < -0.39 is 0 Å². The van der Waals surface area contributed by atoms with Crippen LogP contribution in [0.4, 0.5) is 0 Å². The molecule has 0 radical (unpaired) electrons. The van der Waals surface area contributed by atoms with Gasteiger partial charge in [0.2, 0.25) is 5.91 Å². The molecule has 0 fully saturated rings. The SMILES string of the molecule is CC(CCc1ccco1)NC(=O)C(CN)CC(C)(C)C. The number of amides is 1. The van der Waals surface area contributed by atoms with Crippen molar-refractivity contribution in [3.8, 4) is 0 Å². The van der Waals surface area contributed by atoms with E-state index in [9.17, 15) is 4.79 Å². The number of aryl methyl sites for hydroxylation is 1. The molecule has 0 aromatic carbocycles. The summed E-state index contributed by atoms with van der Waals surface area (Å²) in [5.41, 5.74) is 5.84. The molecule has 20 heavy (non-hydrogen) atoms. The van der Waals surface area contributed by atoms with Crippen molar-refractivity contribution in [2.75, 3.05) is 6.54 Å². The fourth-order valence-corrected chi connectivity index (χ4v) is 2.27. The summed E-state index contributed by atoms with van der Waals surface area (Å²) in [5.74, 6) is 0.909. The van der Waals surface area contributed by atoms with Crippen molar-refractivity contribution in [3.05, 3.63) is 24.2 Å². The van der Waals surface area contributed by atoms with E-state index in [0.29, 0.717) is 6.54 Å². The molecule has 0 aliphatic carbocycles. The van der Waals surface area contributed by atoms with Gasteiger partial charge in [-0.2, -0.15) is 0 Å². The Hall–Kier alpha value is -1.29. The second-order valence-corrected chi connectivity index (χ2v) is 6.73. The Morgan fingerprint density at radius 3 is 2.65 bits per heavy atom. The average Bonchev–Trinajstić information content (AvgIpc) is 2.85. The Balaban J connectivity index is 2.39. The summed E-state index contributed by atoms with van der Waals surface area (Å²) >= 11 is 0. The molecule has 0 spiro atoms. The molecule has 1 aromatic heterocycles. The first-order chi connectivity index (χ1) is 9.31. The molecule has 0 saturated carbocycles. The number of nitrogens with two attached hydrogens (primary N) is 1. The van der Waals surface area contributed by atoms with Crippen LogP contribution < -0.4 is 11.1 Å². The van der Waals surface area contributed by atoms with Crippen LogP contribution in [0.15, 0.2) is 22.8 Å². The van der Waals surface area contributed by atoms with E-state index in [1.165, 1.54) is 0 Å². The van der Waals surface area contributed by atoms with Crippen molar-refractivity contribution in [1.29, 1.82) is 0 Å². The predicted molar refractivity (Wildman–Crippen MR) is 81.3 cm³/mol. The summed E-state index contributed by atoms with van der Waals surface area (Å²) in [7, 11) is 0. The molecule has 0 bridgehead atoms. The van der Waals surface area contributed by atoms with Crippen molar-refractivity contribution in [2.24, 2.45) is 17.1 Å². The maximum atomic E-state index is 12.2. The van der Waals surface area contributed by atoms with Gasteiger partial charge in [-0.1, -0.05) is 20.8 Å². The van der Waals surface area contributed by atoms with Gasteiger partial charge >= 0.3 is 0 Å². The number of rotatable bonds is 7. The smallest absolute Gasteiger partial charge is 0.224 e. The molecule has 2 atom stereocenters. The largest absolute Gasteiger partial charge is 0.469 e. The van der Waals surface area contributed by atoms with Crippen LogP contribution in [-0.4, -0.2) is 18.5 Å². The highest BCUT2D eigenvalue weighted by Crippen LogP contribution is 2.24. The van der Waals surface area contributed by atoms with Gasteiger partial charge in [0.1, 0.15) is 5.76 Å². The van der Waals surface area contributed by atoms with E-state index >= 15 is 0 Å². The van der Waals surface area contributed by atoms with Crippen LogP contribution >= 0.6 is 0 Å². The monoisotopic (exact) mass is 280 g/mol. The van der Waals surface area contributed by atoms with Crippen LogP contribution in [0.2, 0.25) is 0 Å². The molecule has 1 aromatic rings. The molecule has 3 N–H and O–H groups in total. The van der Waals surface area contributed by atoms with Gasteiger partial charge in [0.05, 0.1) is 12.2 Å². The van der Waals surface area contributed by atoms with Gasteiger partial charge in [0, 0.05) is 19.0 Å². The Bertz CT molecular complexity index is 393. The summed E-state index contributed by atoms with van der Waals surface area (Å²) < 4.78 is 5.29. The third-order valence-electron chi connectivity index (χ3n) is 3.31. The highest BCUT2D eigenvalue weighted by atomic mass is 16.3. The Kier molecular flexibility index (Phi) is 6.27. The first-order valence-corrected chi connectivity index (χ1v) is 7.34. The zero-order valence-electron chi connectivity index (χ0n) is 13.1. The first kappa shape index (κ1) is 16.8. The maximum Gasteiger partial charge on any atom is 0.224 e. The highest BCUT2D eigenvalue weighted by Gasteiger charge is 2.24. The second-order valence-electron chi connectivity index (χ2n) is 6.73. The number of carbonyl (C=O) groups excluding carboxylic acids is 1. The van der Waals surface area contributed by atoms with E-state index in [0.717, 1.165) is 25.0 Å². The quantitative estimate of drug-likeness (QED) is 0.807. The van der Waals surface area contributed by atoms with Crippen LogP contribution in [0.3, 0.4) is 0 Å². The topological polar surface area (TPSA) is 68.3 Å². The summed E-state index contributed by atoms with van der Waals surface area (Å²) in [6.45, 7) is 8.80. The van der Waals surface area contributed by atoms with Crippen molar-refractivity contribution in [1.82, 2.24) is 5.32 Å². The number of furan rings is 1. The summed E-state index contributed by atoms with van der Waals surface area (Å²) in [5, 5.41) is 3.06. The van der Waals surface area contributed by atoms with E-state index in [4.69, 9.17) is 10.2 Å². The minimum Gasteiger partial charge on any atom is -0.469 e. The van der Waals surface area contributed by atoms with Crippen LogP contribution in [0, 0.1) is 11.3 Å². The summed E-state index contributed by atoms with van der Waals surface area (Å²) in [4.78, 5) is 12.2. The molecule has 2 unspecified atom stereocenters. The lowest BCUT2D eigenvalue weighted by Gasteiger charge is -2.25. The van der Waals surface area contributed by atoms with Crippen LogP contribution in [0.1, 0.15) is 46.3 Å². The Morgan fingerprint density at radius 1 is 1.45 bits per heavy atom. The molecule has 1 amide bonds. The zero-order valence-corrected chi connectivity index (χ0v) is 13.1. The van der Waals surface area contributed by atoms with Gasteiger partial charge in [0.25, 0.3) is 0 Å². The maximum absolute atomic E-state index is 12.2. The van der Waals surface area contributed by atoms with Crippen molar-refractivity contribution >= 4 is 5.91 Å². The third kappa shape index (κ3) is 6.24. The van der Waals surface area contributed by atoms with Crippen LogP contribution in [0.5, 0.6) is 0 Å². The van der Waals surface area contributed by atoms with Crippen LogP contribution in [0.25, 0.3) is 0 Å². The highest BCUT2D eigenvalue weighted by molar-refractivity contribution is 5.79. The molecule has 0 aliphatic rings. The molecule has 1 rings (SSSR count). The molecular weight excluding hydrogens is 252 g/mol. The van der Waals surface area contributed by atoms with Gasteiger partial charge in [-0.3, -0.25) is 4.79 Å². The number of carbonyl (C=O) groups is 1. The molecular formula is C16H28N2O2. The Labute approximate surface area is 122 Å². The van der Waals surface area contributed by atoms with Gasteiger partial charge < -0.3 is 15.5 Å². The third-order valence-corrected chi connectivity index (χ3v) is 3.31. The normalized spacial score (nSPS) is 14.8. The van der Waals surface area contributed by atoms with Crippen LogP contribution in [-0.2, 0) is 11.2 Å². The van der Waals surface area contributed by atoms with E-state index in [2.05, 4.69) is 26.1 Å². The minimum atomic E-state index is -0.110. The molecule has 0 aliphatic heterocycles. The lowest BCUT2D eigenvalue weighted by Crippen LogP contribution is -2.41. The number of hydrogen-bond acceptors (Lipinski definition) is 3. The number of hydrogen-bond donors (Lipinski definition) is 2. The van der Waals surface area contributed by atoms with Gasteiger partial charge in [-0.15, -0.1) is 0 Å². The number of nitrogens with one attached hydrogen (secondary N) is 1. The van der Waals surface area contributed by atoms with Gasteiger partial charge in [-0.05, 0) is 37.3 Å². The minimum absolute atomic E-state index is 0.0642. The van der Waals surface area contributed by atoms with Gasteiger partial charge in [-0.25, -0.2) is 0 Å². The first-order valence-electron chi connectivity index (χ1n) is 7.34.